The predicted molar refractivity (Wildman–Crippen MR) is 50.1 cm³/mol. The SMILES string of the molecule is C1=Nc2ccccc2OC1.N.N. The van der Waals surface area contributed by atoms with E-state index in [0.717, 1.165) is 11.4 Å². The second-order valence-electron chi connectivity index (χ2n) is 2.09. The molecule has 0 spiro atoms. The Morgan fingerprint density at radius 2 is 1.92 bits per heavy atom. The molecule has 0 aromatic heterocycles. The number of benzene rings is 1. The van der Waals surface area contributed by atoms with Gasteiger partial charge in [0.1, 0.15) is 18.0 Å². The summed E-state index contributed by atoms with van der Waals surface area (Å²) in [7, 11) is 0. The maximum Gasteiger partial charge on any atom is 0.145 e. The standard InChI is InChI=1S/C8H7NO.2H3N/c1-2-4-8-7(3-1)9-5-6-10-8;;/h1-5H,6H2;2*1H3. The van der Waals surface area contributed by atoms with Gasteiger partial charge in [0.2, 0.25) is 0 Å². The second kappa shape index (κ2) is 4.48. The minimum Gasteiger partial charge on any atom is -0.486 e. The first kappa shape index (κ1) is 10.6. The van der Waals surface area contributed by atoms with Crippen LogP contribution < -0.4 is 17.0 Å². The van der Waals surface area contributed by atoms with Gasteiger partial charge in [0, 0.05) is 6.21 Å². The molecule has 2 rings (SSSR count). The van der Waals surface area contributed by atoms with Crippen LogP contribution in [0.1, 0.15) is 0 Å². The van der Waals surface area contributed by atoms with Crippen LogP contribution >= 0.6 is 0 Å². The van der Waals surface area contributed by atoms with E-state index in [1.54, 1.807) is 6.21 Å². The molecule has 1 aliphatic heterocycles. The van der Waals surface area contributed by atoms with Crippen LogP contribution in [0.15, 0.2) is 29.3 Å². The van der Waals surface area contributed by atoms with Crippen LogP contribution in [0.2, 0.25) is 0 Å². The van der Waals surface area contributed by atoms with Crippen molar-refractivity contribution in [2.45, 2.75) is 0 Å². The molecule has 1 aromatic carbocycles. The Labute approximate surface area is 71.4 Å². The number of ether oxygens (including phenoxy) is 1. The van der Waals surface area contributed by atoms with Crippen molar-refractivity contribution in [2.75, 3.05) is 6.61 Å². The van der Waals surface area contributed by atoms with E-state index in [4.69, 9.17) is 4.74 Å². The fourth-order valence-electron chi connectivity index (χ4n) is 0.949. The van der Waals surface area contributed by atoms with Crippen molar-refractivity contribution >= 4 is 11.9 Å². The summed E-state index contributed by atoms with van der Waals surface area (Å²) in [6.45, 7) is 0.594. The summed E-state index contributed by atoms with van der Waals surface area (Å²) in [6.07, 6.45) is 1.77. The van der Waals surface area contributed by atoms with E-state index in [1.165, 1.54) is 0 Å². The average molecular weight is 167 g/mol. The third-order valence-corrected chi connectivity index (χ3v) is 1.41. The van der Waals surface area contributed by atoms with Crippen LogP contribution in [0, 0.1) is 0 Å². The molecule has 1 aromatic rings. The third-order valence-electron chi connectivity index (χ3n) is 1.41. The smallest absolute Gasteiger partial charge is 0.145 e. The van der Waals surface area contributed by atoms with Gasteiger partial charge in [-0.15, -0.1) is 0 Å². The van der Waals surface area contributed by atoms with Crippen LogP contribution in [0.4, 0.5) is 5.69 Å². The van der Waals surface area contributed by atoms with E-state index >= 15 is 0 Å². The van der Waals surface area contributed by atoms with Crippen LogP contribution in [0.5, 0.6) is 5.75 Å². The maximum absolute atomic E-state index is 5.27. The summed E-state index contributed by atoms with van der Waals surface area (Å²) >= 11 is 0. The highest BCUT2D eigenvalue weighted by atomic mass is 16.5. The first-order valence-electron chi connectivity index (χ1n) is 3.21. The molecule has 0 fully saturated rings. The number of hydrogen-bond acceptors (Lipinski definition) is 4. The minimum absolute atomic E-state index is 0. The fraction of sp³-hybridized carbons (Fsp3) is 0.125. The molecule has 0 bridgehead atoms. The highest BCUT2D eigenvalue weighted by Gasteiger charge is 2.02. The lowest BCUT2D eigenvalue weighted by Gasteiger charge is -2.09. The molecule has 1 aliphatic rings. The van der Waals surface area contributed by atoms with Crippen LogP contribution in [-0.4, -0.2) is 12.8 Å². The average Bonchev–Trinajstić information content (AvgIpc) is 2.05. The molecule has 0 atom stereocenters. The van der Waals surface area contributed by atoms with Crippen molar-refractivity contribution in [3.63, 3.8) is 0 Å². The monoisotopic (exact) mass is 167 g/mol. The number of para-hydroxylation sites is 2. The van der Waals surface area contributed by atoms with E-state index in [2.05, 4.69) is 4.99 Å². The largest absolute Gasteiger partial charge is 0.486 e. The van der Waals surface area contributed by atoms with Crippen LogP contribution in [-0.2, 0) is 0 Å². The van der Waals surface area contributed by atoms with Gasteiger partial charge in [0.05, 0.1) is 0 Å². The molecular formula is C8H13N3O. The molecule has 4 nitrogen and oxygen atoms in total. The van der Waals surface area contributed by atoms with Gasteiger partial charge in [-0.2, -0.15) is 0 Å². The Morgan fingerprint density at radius 1 is 1.17 bits per heavy atom. The second-order valence-corrected chi connectivity index (χ2v) is 2.09. The van der Waals surface area contributed by atoms with Gasteiger partial charge >= 0.3 is 0 Å². The van der Waals surface area contributed by atoms with Crippen molar-refractivity contribution in [1.29, 1.82) is 0 Å². The summed E-state index contributed by atoms with van der Waals surface area (Å²) in [5, 5.41) is 0. The summed E-state index contributed by atoms with van der Waals surface area (Å²) in [5.74, 6) is 0.880. The zero-order chi connectivity index (χ0) is 6.81. The zero-order valence-electron chi connectivity index (χ0n) is 6.86. The fourth-order valence-corrected chi connectivity index (χ4v) is 0.949. The summed E-state index contributed by atoms with van der Waals surface area (Å²) in [6, 6.07) is 7.75. The molecule has 12 heavy (non-hydrogen) atoms. The highest BCUT2D eigenvalue weighted by molar-refractivity contribution is 5.70. The molecule has 4 heteroatoms. The van der Waals surface area contributed by atoms with Crippen LogP contribution in [0.3, 0.4) is 0 Å². The molecule has 0 aliphatic carbocycles. The molecular weight excluding hydrogens is 154 g/mol. The van der Waals surface area contributed by atoms with Crippen molar-refractivity contribution < 1.29 is 4.74 Å². The minimum atomic E-state index is 0. The topological polar surface area (TPSA) is 91.6 Å². The summed E-state index contributed by atoms with van der Waals surface area (Å²) in [4.78, 5) is 4.14. The van der Waals surface area contributed by atoms with E-state index in [0.29, 0.717) is 6.61 Å². The molecule has 1 heterocycles. The van der Waals surface area contributed by atoms with E-state index in [1.807, 2.05) is 24.3 Å². The van der Waals surface area contributed by atoms with Gasteiger partial charge in [0.25, 0.3) is 0 Å². The Kier molecular flexibility index (Phi) is 3.96. The van der Waals surface area contributed by atoms with Crippen molar-refractivity contribution in [1.82, 2.24) is 12.3 Å². The summed E-state index contributed by atoms with van der Waals surface area (Å²) in [5.41, 5.74) is 0.925. The third kappa shape index (κ3) is 1.81. The number of hydrogen-bond donors (Lipinski definition) is 2. The van der Waals surface area contributed by atoms with Gasteiger partial charge in [-0.1, -0.05) is 12.1 Å². The lowest BCUT2D eigenvalue weighted by atomic mass is 10.3. The van der Waals surface area contributed by atoms with E-state index in [-0.39, 0.29) is 12.3 Å². The first-order chi connectivity index (χ1) is 4.97. The Balaban J connectivity index is 0.000000605. The van der Waals surface area contributed by atoms with Crippen molar-refractivity contribution in [2.24, 2.45) is 4.99 Å². The van der Waals surface area contributed by atoms with Crippen molar-refractivity contribution in [3.05, 3.63) is 24.3 Å². The summed E-state index contributed by atoms with van der Waals surface area (Å²) < 4.78 is 5.27. The maximum atomic E-state index is 5.27. The van der Waals surface area contributed by atoms with E-state index < -0.39 is 0 Å². The Hall–Kier alpha value is -1.39. The van der Waals surface area contributed by atoms with Crippen molar-refractivity contribution in [3.8, 4) is 5.75 Å². The van der Waals surface area contributed by atoms with E-state index in [9.17, 15) is 0 Å². The van der Waals surface area contributed by atoms with Gasteiger partial charge < -0.3 is 17.0 Å². The normalized spacial score (nSPS) is 11.7. The molecule has 0 saturated heterocycles. The molecule has 6 N–H and O–H groups in total. The number of fused-ring (bicyclic) bond motifs is 1. The van der Waals surface area contributed by atoms with Gasteiger partial charge in [-0.05, 0) is 12.1 Å². The molecule has 0 saturated carbocycles. The lowest BCUT2D eigenvalue weighted by molar-refractivity contribution is 0.377. The Bertz CT molecular complexity index is 273. The molecule has 0 unspecified atom stereocenters. The quantitative estimate of drug-likeness (QED) is 0.619. The lowest BCUT2D eigenvalue weighted by Crippen LogP contribution is -2.01. The number of rotatable bonds is 0. The molecule has 66 valence electrons. The van der Waals surface area contributed by atoms with Gasteiger partial charge in [0.15, 0.2) is 0 Å². The Morgan fingerprint density at radius 3 is 2.67 bits per heavy atom. The molecule has 0 radical (unpaired) electrons. The zero-order valence-corrected chi connectivity index (χ0v) is 6.86. The van der Waals surface area contributed by atoms with Gasteiger partial charge in [-0.25, -0.2) is 0 Å². The number of nitrogens with zero attached hydrogens (tertiary/aromatic N) is 1. The molecule has 0 amide bonds. The van der Waals surface area contributed by atoms with Crippen LogP contribution in [0.25, 0.3) is 0 Å². The van der Waals surface area contributed by atoms with Gasteiger partial charge in [-0.3, -0.25) is 4.99 Å². The first-order valence-corrected chi connectivity index (χ1v) is 3.21. The highest BCUT2D eigenvalue weighted by Crippen LogP contribution is 2.27. The number of aliphatic imine (C=N–C) groups is 1. The predicted octanol–water partition coefficient (Wildman–Crippen LogP) is 2.11.